The number of aliphatic hydroxyl groups excluding tert-OH is 1. The fraction of sp³-hybridized carbons (Fsp3) is 0.833. The molecule has 2 rings (SSSR count). The molecule has 0 bridgehead atoms. The molecule has 2 aliphatic heterocycles. The van der Waals surface area contributed by atoms with Gasteiger partial charge in [0.2, 0.25) is 0 Å². The van der Waals surface area contributed by atoms with Gasteiger partial charge >= 0.3 is 12.0 Å². The quantitative estimate of drug-likeness (QED) is 0.660. The maximum Gasteiger partial charge on any atom is 0.326 e. The van der Waals surface area contributed by atoms with E-state index in [1.165, 1.54) is 4.90 Å². The van der Waals surface area contributed by atoms with Crippen LogP contribution in [0.2, 0.25) is 0 Å². The van der Waals surface area contributed by atoms with Gasteiger partial charge in [-0.2, -0.15) is 0 Å². The summed E-state index contributed by atoms with van der Waals surface area (Å²) in [6.45, 7) is 3.02. The van der Waals surface area contributed by atoms with Crippen LogP contribution in [0.5, 0.6) is 0 Å². The second-order valence-electron chi connectivity index (χ2n) is 5.46. The van der Waals surface area contributed by atoms with Crippen LogP contribution in [0.15, 0.2) is 0 Å². The van der Waals surface area contributed by atoms with Crippen molar-refractivity contribution in [3.63, 3.8) is 0 Å². The summed E-state index contributed by atoms with van der Waals surface area (Å²) in [6, 6.07) is -1.41. The zero-order valence-corrected chi connectivity index (χ0v) is 11.0. The first-order valence-corrected chi connectivity index (χ1v) is 6.50. The lowest BCUT2D eigenvalue weighted by Crippen LogP contribution is -2.50. The van der Waals surface area contributed by atoms with Gasteiger partial charge in [0.15, 0.2) is 0 Å². The summed E-state index contributed by atoms with van der Waals surface area (Å²) in [7, 11) is 0. The molecule has 0 radical (unpaired) electrons. The van der Waals surface area contributed by atoms with Crippen LogP contribution < -0.4 is 5.32 Å². The Morgan fingerprint density at radius 3 is 2.84 bits per heavy atom. The highest BCUT2D eigenvalue weighted by Crippen LogP contribution is 2.24. The van der Waals surface area contributed by atoms with Gasteiger partial charge in [0.1, 0.15) is 6.04 Å². The molecule has 2 amide bonds. The number of carboxylic acids is 1. The van der Waals surface area contributed by atoms with Crippen molar-refractivity contribution in [3.8, 4) is 0 Å². The number of ether oxygens (including phenoxy) is 1. The maximum absolute atomic E-state index is 12.0. The van der Waals surface area contributed by atoms with Crippen molar-refractivity contribution in [3.05, 3.63) is 0 Å². The third-order valence-corrected chi connectivity index (χ3v) is 3.74. The minimum Gasteiger partial charge on any atom is -0.480 e. The van der Waals surface area contributed by atoms with Crippen molar-refractivity contribution in [2.24, 2.45) is 0 Å². The predicted octanol–water partition coefficient (Wildman–Crippen LogP) is -0.215. The Kier molecular flexibility index (Phi) is 3.96. The van der Waals surface area contributed by atoms with E-state index in [0.29, 0.717) is 13.2 Å². The van der Waals surface area contributed by atoms with Gasteiger partial charge in [0, 0.05) is 26.1 Å². The van der Waals surface area contributed by atoms with Gasteiger partial charge in [-0.3, -0.25) is 0 Å². The van der Waals surface area contributed by atoms with E-state index in [-0.39, 0.29) is 18.6 Å². The second-order valence-corrected chi connectivity index (χ2v) is 5.46. The molecule has 0 aromatic carbocycles. The molecule has 0 aromatic rings. The number of hydrogen-bond donors (Lipinski definition) is 3. The molecule has 108 valence electrons. The molecule has 19 heavy (non-hydrogen) atoms. The lowest BCUT2D eigenvalue weighted by atomic mass is 10.0. The number of carboxylic acid groups (broad SMARTS) is 1. The highest BCUT2D eigenvalue weighted by atomic mass is 16.5. The molecule has 3 atom stereocenters. The van der Waals surface area contributed by atoms with Crippen LogP contribution in [0.4, 0.5) is 4.79 Å². The van der Waals surface area contributed by atoms with Crippen LogP contribution in [0, 0.1) is 0 Å². The van der Waals surface area contributed by atoms with Crippen molar-refractivity contribution < 1.29 is 24.5 Å². The number of aliphatic hydroxyl groups is 1. The Hall–Kier alpha value is -1.34. The number of carbonyl (C=O) groups excluding carboxylic acids is 1. The van der Waals surface area contributed by atoms with E-state index in [1.54, 1.807) is 0 Å². The van der Waals surface area contributed by atoms with E-state index < -0.39 is 24.1 Å². The zero-order chi connectivity index (χ0) is 14.0. The van der Waals surface area contributed by atoms with Crippen molar-refractivity contribution >= 4 is 12.0 Å². The molecular formula is C12H20N2O5. The molecule has 2 unspecified atom stereocenters. The molecule has 0 aromatic heterocycles. The van der Waals surface area contributed by atoms with Crippen LogP contribution in [-0.2, 0) is 9.53 Å². The Morgan fingerprint density at radius 1 is 1.53 bits per heavy atom. The molecule has 7 heteroatoms. The molecule has 0 saturated carbocycles. The number of rotatable bonds is 3. The highest BCUT2D eigenvalue weighted by Gasteiger charge is 2.39. The Labute approximate surface area is 111 Å². The van der Waals surface area contributed by atoms with E-state index in [1.807, 2.05) is 6.92 Å². The average Bonchev–Trinajstić information content (AvgIpc) is 2.93. The fourth-order valence-corrected chi connectivity index (χ4v) is 2.61. The number of carbonyl (C=O) groups is 2. The summed E-state index contributed by atoms with van der Waals surface area (Å²) < 4.78 is 5.55. The summed E-state index contributed by atoms with van der Waals surface area (Å²) >= 11 is 0. The molecule has 2 aliphatic rings. The Bertz CT molecular complexity index is 367. The van der Waals surface area contributed by atoms with Crippen molar-refractivity contribution in [1.82, 2.24) is 10.2 Å². The molecule has 0 spiro atoms. The molecule has 3 N–H and O–H groups in total. The van der Waals surface area contributed by atoms with Gasteiger partial charge in [-0.1, -0.05) is 0 Å². The third kappa shape index (κ3) is 3.16. The van der Waals surface area contributed by atoms with Crippen LogP contribution in [0.25, 0.3) is 0 Å². The summed E-state index contributed by atoms with van der Waals surface area (Å²) in [5.41, 5.74) is -0.368. The molecular weight excluding hydrogens is 252 g/mol. The monoisotopic (exact) mass is 272 g/mol. The lowest BCUT2D eigenvalue weighted by Gasteiger charge is -2.27. The summed E-state index contributed by atoms with van der Waals surface area (Å²) in [4.78, 5) is 24.2. The largest absolute Gasteiger partial charge is 0.480 e. The SMILES string of the molecule is CC1(CNC(=O)N2CC(O)C[C@H]2C(=O)O)CCCO1. The molecule has 2 saturated heterocycles. The van der Waals surface area contributed by atoms with Crippen LogP contribution in [-0.4, -0.2) is 64.6 Å². The van der Waals surface area contributed by atoms with E-state index in [0.717, 1.165) is 12.8 Å². The Balaban J connectivity index is 1.90. The van der Waals surface area contributed by atoms with E-state index in [9.17, 15) is 14.7 Å². The number of hydrogen-bond acceptors (Lipinski definition) is 4. The Morgan fingerprint density at radius 2 is 2.26 bits per heavy atom. The molecule has 7 nitrogen and oxygen atoms in total. The molecule has 2 fully saturated rings. The fourth-order valence-electron chi connectivity index (χ4n) is 2.61. The number of aliphatic carboxylic acids is 1. The minimum atomic E-state index is -1.09. The van der Waals surface area contributed by atoms with Crippen molar-refractivity contribution in [1.29, 1.82) is 0 Å². The topological polar surface area (TPSA) is 99.1 Å². The first kappa shape index (κ1) is 14.1. The van der Waals surface area contributed by atoms with Crippen molar-refractivity contribution in [2.45, 2.75) is 43.9 Å². The first-order valence-electron chi connectivity index (χ1n) is 6.50. The summed E-state index contributed by atoms with van der Waals surface area (Å²) in [5, 5.41) is 21.2. The first-order chi connectivity index (χ1) is 8.91. The maximum atomic E-state index is 12.0. The minimum absolute atomic E-state index is 0.0559. The normalized spacial score (nSPS) is 34.5. The average molecular weight is 272 g/mol. The second kappa shape index (κ2) is 5.34. The standard InChI is InChI=1S/C12H20N2O5/c1-12(3-2-4-19-12)7-13-11(18)14-6-8(15)5-9(14)10(16)17/h8-9,15H,2-7H2,1H3,(H,13,18)(H,16,17)/t8?,9-,12?/m0/s1. The van der Waals surface area contributed by atoms with E-state index >= 15 is 0 Å². The summed E-state index contributed by atoms with van der Waals surface area (Å²) in [5.74, 6) is -1.09. The number of nitrogens with one attached hydrogen (secondary N) is 1. The van der Waals surface area contributed by atoms with E-state index in [4.69, 9.17) is 9.84 Å². The number of likely N-dealkylation sites (tertiary alicyclic amines) is 1. The number of urea groups is 1. The van der Waals surface area contributed by atoms with Gasteiger partial charge in [0.25, 0.3) is 0 Å². The van der Waals surface area contributed by atoms with Crippen molar-refractivity contribution in [2.75, 3.05) is 19.7 Å². The molecule has 2 heterocycles. The van der Waals surface area contributed by atoms with Gasteiger partial charge in [-0.15, -0.1) is 0 Å². The number of nitrogens with zero attached hydrogens (tertiary/aromatic N) is 1. The van der Waals surface area contributed by atoms with Gasteiger partial charge in [-0.05, 0) is 19.8 Å². The molecule has 0 aliphatic carbocycles. The van der Waals surface area contributed by atoms with Gasteiger partial charge in [-0.25, -0.2) is 9.59 Å². The zero-order valence-electron chi connectivity index (χ0n) is 11.0. The number of β-amino-alcohol motifs (C(OH)–C–C–N with tert-alkyl or cyclic N) is 1. The highest BCUT2D eigenvalue weighted by molar-refractivity contribution is 5.83. The lowest BCUT2D eigenvalue weighted by molar-refractivity contribution is -0.141. The van der Waals surface area contributed by atoms with Gasteiger partial charge < -0.3 is 25.2 Å². The predicted molar refractivity (Wildman–Crippen MR) is 65.7 cm³/mol. The van der Waals surface area contributed by atoms with Gasteiger partial charge in [0.05, 0.1) is 11.7 Å². The smallest absolute Gasteiger partial charge is 0.326 e. The van der Waals surface area contributed by atoms with Crippen LogP contribution >= 0.6 is 0 Å². The van der Waals surface area contributed by atoms with Crippen LogP contribution in [0.1, 0.15) is 26.2 Å². The van der Waals surface area contributed by atoms with Crippen LogP contribution in [0.3, 0.4) is 0 Å². The van der Waals surface area contributed by atoms with E-state index in [2.05, 4.69) is 5.32 Å². The third-order valence-electron chi connectivity index (χ3n) is 3.74. The summed E-state index contributed by atoms with van der Waals surface area (Å²) in [6.07, 6.45) is 1.14. The number of amides is 2.